The second-order valence-electron chi connectivity index (χ2n) is 3.28. The van der Waals surface area contributed by atoms with Gasteiger partial charge in [-0.2, -0.15) is 0 Å². The van der Waals surface area contributed by atoms with Crippen molar-refractivity contribution in [3.05, 3.63) is 46.2 Å². The van der Waals surface area contributed by atoms with Crippen molar-refractivity contribution in [1.82, 2.24) is 4.98 Å². The van der Waals surface area contributed by atoms with Gasteiger partial charge in [0.05, 0.1) is 24.4 Å². The van der Waals surface area contributed by atoms with Crippen LogP contribution in [0.2, 0.25) is 0 Å². The number of benzene rings is 1. The first-order chi connectivity index (χ1) is 7.72. The SMILES string of the molecule is COc1ccc(C(N)c2cscn2)cc1F. The number of thiazole rings is 1. The van der Waals surface area contributed by atoms with E-state index in [2.05, 4.69) is 4.98 Å². The molecule has 0 fully saturated rings. The molecule has 0 saturated carbocycles. The molecule has 5 heteroatoms. The Labute approximate surface area is 96.7 Å². The van der Waals surface area contributed by atoms with E-state index in [1.807, 2.05) is 5.38 Å². The van der Waals surface area contributed by atoms with Crippen LogP contribution >= 0.6 is 11.3 Å². The summed E-state index contributed by atoms with van der Waals surface area (Å²) in [4.78, 5) is 4.10. The molecule has 0 amide bonds. The second-order valence-corrected chi connectivity index (χ2v) is 4.00. The van der Waals surface area contributed by atoms with Crippen molar-refractivity contribution in [3.63, 3.8) is 0 Å². The van der Waals surface area contributed by atoms with E-state index in [9.17, 15) is 4.39 Å². The summed E-state index contributed by atoms with van der Waals surface area (Å²) < 4.78 is 18.3. The second kappa shape index (κ2) is 4.59. The number of rotatable bonds is 3. The lowest BCUT2D eigenvalue weighted by molar-refractivity contribution is 0.386. The zero-order valence-electron chi connectivity index (χ0n) is 8.68. The van der Waals surface area contributed by atoms with Crippen LogP contribution in [-0.4, -0.2) is 12.1 Å². The van der Waals surface area contributed by atoms with Gasteiger partial charge in [0.2, 0.25) is 0 Å². The van der Waals surface area contributed by atoms with Gasteiger partial charge in [0, 0.05) is 5.38 Å². The molecule has 2 N–H and O–H groups in total. The molecule has 0 bridgehead atoms. The zero-order valence-corrected chi connectivity index (χ0v) is 9.50. The van der Waals surface area contributed by atoms with Gasteiger partial charge in [0.25, 0.3) is 0 Å². The van der Waals surface area contributed by atoms with E-state index in [1.54, 1.807) is 17.6 Å². The highest BCUT2D eigenvalue weighted by Crippen LogP contribution is 2.24. The Morgan fingerprint density at radius 2 is 2.31 bits per heavy atom. The molecule has 84 valence electrons. The maximum absolute atomic E-state index is 13.5. The van der Waals surface area contributed by atoms with Crippen LogP contribution in [0.1, 0.15) is 17.3 Å². The van der Waals surface area contributed by atoms with Crippen molar-refractivity contribution in [3.8, 4) is 5.75 Å². The zero-order chi connectivity index (χ0) is 11.5. The van der Waals surface area contributed by atoms with E-state index in [1.165, 1.54) is 24.5 Å². The van der Waals surface area contributed by atoms with Gasteiger partial charge in [-0.05, 0) is 17.7 Å². The molecule has 0 spiro atoms. The minimum atomic E-state index is -0.411. The lowest BCUT2D eigenvalue weighted by Gasteiger charge is -2.10. The molecule has 0 radical (unpaired) electrons. The number of halogens is 1. The predicted molar refractivity (Wildman–Crippen MR) is 61.1 cm³/mol. The van der Waals surface area contributed by atoms with Gasteiger partial charge in [0.15, 0.2) is 11.6 Å². The molecule has 0 aliphatic carbocycles. The van der Waals surface area contributed by atoms with Gasteiger partial charge < -0.3 is 10.5 Å². The first kappa shape index (κ1) is 11.0. The number of aromatic nitrogens is 1. The van der Waals surface area contributed by atoms with Crippen molar-refractivity contribution < 1.29 is 9.13 Å². The number of nitrogens with two attached hydrogens (primary N) is 1. The Hall–Kier alpha value is -1.46. The van der Waals surface area contributed by atoms with E-state index < -0.39 is 11.9 Å². The normalized spacial score (nSPS) is 12.4. The fourth-order valence-corrected chi connectivity index (χ4v) is 2.01. The highest BCUT2D eigenvalue weighted by Gasteiger charge is 2.13. The van der Waals surface area contributed by atoms with Crippen LogP contribution in [0.4, 0.5) is 4.39 Å². The van der Waals surface area contributed by atoms with Crippen molar-refractivity contribution in [1.29, 1.82) is 0 Å². The quantitative estimate of drug-likeness (QED) is 0.892. The van der Waals surface area contributed by atoms with Crippen LogP contribution in [0.15, 0.2) is 29.1 Å². The third-order valence-electron chi connectivity index (χ3n) is 2.31. The van der Waals surface area contributed by atoms with E-state index in [0.717, 1.165) is 5.69 Å². The first-order valence-electron chi connectivity index (χ1n) is 4.69. The Bertz CT molecular complexity index is 473. The predicted octanol–water partition coefficient (Wildman–Crippen LogP) is 2.34. The standard InChI is InChI=1S/C11H11FN2OS/c1-15-10-3-2-7(4-8(10)12)11(13)9-5-16-6-14-9/h2-6,11H,13H2,1H3. The van der Waals surface area contributed by atoms with Gasteiger partial charge >= 0.3 is 0 Å². The van der Waals surface area contributed by atoms with Crippen molar-refractivity contribution in [2.24, 2.45) is 5.73 Å². The van der Waals surface area contributed by atoms with E-state index in [4.69, 9.17) is 10.5 Å². The molecule has 2 rings (SSSR count). The van der Waals surface area contributed by atoms with Crippen molar-refractivity contribution in [2.45, 2.75) is 6.04 Å². The summed E-state index contributed by atoms with van der Waals surface area (Å²) in [5.74, 6) is -0.195. The Morgan fingerprint density at radius 1 is 1.50 bits per heavy atom. The highest BCUT2D eigenvalue weighted by atomic mass is 32.1. The summed E-state index contributed by atoms with van der Waals surface area (Å²) in [6.45, 7) is 0. The number of hydrogen-bond donors (Lipinski definition) is 1. The molecule has 2 aromatic rings. The molecular weight excluding hydrogens is 227 g/mol. The number of ether oxygens (including phenoxy) is 1. The van der Waals surface area contributed by atoms with E-state index in [-0.39, 0.29) is 5.75 Å². The summed E-state index contributed by atoms with van der Waals surface area (Å²) in [5, 5.41) is 1.85. The van der Waals surface area contributed by atoms with Crippen LogP contribution in [0.5, 0.6) is 5.75 Å². The molecular formula is C11H11FN2OS. The summed E-state index contributed by atoms with van der Waals surface area (Å²) in [6.07, 6.45) is 0. The van der Waals surface area contributed by atoms with Crippen LogP contribution < -0.4 is 10.5 Å². The van der Waals surface area contributed by atoms with Crippen LogP contribution in [0, 0.1) is 5.82 Å². The average Bonchev–Trinajstić information content (AvgIpc) is 2.81. The Kier molecular flexibility index (Phi) is 3.17. The molecule has 16 heavy (non-hydrogen) atoms. The van der Waals surface area contributed by atoms with Gasteiger partial charge in [0.1, 0.15) is 0 Å². The van der Waals surface area contributed by atoms with Crippen molar-refractivity contribution >= 4 is 11.3 Å². The van der Waals surface area contributed by atoms with E-state index in [0.29, 0.717) is 5.56 Å². The van der Waals surface area contributed by atoms with Gasteiger partial charge in [-0.1, -0.05) is 6.07 Å². The highest BCUT2D eigenvalue weighted by molar-refractivity contribution is 7.07. The largest absolute Gasteiger partial charge is 0.494 e. The van der Waals surface area contributed by atoms with Gasteiger partial charge in [-0.25, -0.2) is 9.37 Å². The minimum absolute atomic E-state index is 0.217. The third-order valence-corrected chi connectivity index (χ3v) is 2.91. The fraction of sp³-hybridized carbons (Fsp3) is 0.182. The van der Waals surface area contributed by atoms with Crippen LogP contribution in [0.25, 0.3) is 0 Å². The van der Waals surface area contributed by atoms with Gasteiger partial charge in [-0.3, -0.25) is 0 Å². The lowest BCUT2D eigenvalue weighted by atomic mass is 10.1. The number of nitrogens with zero attached hydrogens (tertiary/aromatic N) is 1. The van der Waals surface area contributed by atoms with Crippen molar-refractivity contribution in [2.75, 3.05) is 7.11 Å². The number of methoxy groups -OCH3 is 1. The molecule has 0 aliphatic heterocycles. The monoisotopic (exact) mass is 238 g/mol. The summed E-state index contributed by atoms with van der Waals surface area (Å²) >= 11 is 1.46. The third kappa shape index (κ3) is 2.05. The smallest absolute Gasteiger partial charge is 0.165 e. The summed E-state index contributed by atoms with van der Waals surface area (Å²) in [6, 6.07) is 4.29. The maximum atomic E-state index is 13.5. The molecule has 3 nitrogen and oxygen atoms in total. The lowest BCUT2D eigenvalue weighted by Crippen LogP contribution is -2.12. The van der Waals surface area contributed by atoms with E-state index >= 15 is 0 Å². The van der Waals surface area contributed by atoms with Crippen LogP contribution in [0.3, 0.4) is 0 Å². The Balaban J connectivity index is 2.31. The molecule has 0 saturated heterocycles. The summed E-state index contributed by atoms with van der Waals surface area (Å²) in [5.41, 5.74) is 9.09. The topological polar surface area (TPSA) is 48.1 Å². The molecule has 1 aromatic heterocycles. The van der Waals surface area contributed by atoms with Gasteiger partial charge in [-0.15, -0.1) is 11.3 Å². The molecule has 0 aliphatic rings. The maximum Gasteiger partial charge on any atom is 0.165 e. The molecule has 1 heterocycles. The molecule has 1 atom stereocenters. The molecule has 1 unspecified atom stereocenters. The Morgan fingerprint density at radius 3 is 2.88 bits per heavy atom. The molecule has 1 aromatic carbocycles. The minimum Gasteiger partial charge on any atom is -0.494 e. The fourth-order valence-electron chi connectivity index (χ4n) is 1.42. The number of hydrogen-bond acceptors (Lipinski definition) is 4. The van der Waals surface area contributed by atoms with Crippen LogP contribution in [-0.2, 0) is 0 Å². The summed E-state index contributed by atoms with van der Waals surface area (Å²) in [7, 11) is 1.43. The average molecular weight is 238 g/mol. The first-order valence-corrected chi connectivity index (χ1v) is 5.63.